The van der Waals surface area contributed by atoms with Crippen LogP contribution in [0.3, 0.4) is 0 Å². The highest BCUT2D eigenvalue weighted by atomic mass is 32.2. The summed E-state index contributed by atoms with van der Waals surface area (Å²) in [6.45, 7) is 0.123. The molecule has 4 heteroatoms. The van der Waals surface area contributed by atoms with Crippen molar-refractivity contribution in [2.75, 3.05) is 18.6 Å². The molecule has 2 rings (SSSR count). The maximum atomic E-state index is 12.1. The first-order valence-corrected chi connectivity index (χ1v) is 8.10. The Morgan fingerprint density at radius 3 is 2.84 bits per heavy atom. The van der Waals surface area contributed by atoms with Crippen molar-refractivity contribution in [1.82, 2.24) is 5.32 Å². The van der Waals surface area contributed by atoms with E-state index in [1.54, 1.807) is 11.8 Å². The number of amides is 1. The van der Waals surface area contributed by atoms with Crippen molar-refractivity contribution in [1.29, 1.82) is 0 Å². The first-order chi connectivity index (χ1) is 9.26. The topological polar surface area (TPSA) is 49.3 Å². The summed E-state index contributed by atoms with van der Waals surface area (Å²) in [5, 5.41) is 12.1. The summed E-state index contributed by atoms with van der Waals surface area (Å²) in [5.41, 5.74) is 1.26. The van der Waals surface area contributed by atoms with Gasteiger partial charge < -0.3 is 10.4 Å². The number of aliphatic hydroxyl groups is 1. The number of nitrogens with one attached hydrogen (secondary N) is 1. The van der Waals surface area contributed by atoms with Gasteiger partial charge in [0.2, 0.25) is 5.91 Å². The van der Waals surface area contributed by atoms with Crippen LogP contribution in [0.5, 0.6) is 0 Å². The van der Waals surface area contributed by atoms with Crippen LogP contribution in [0, 0.1) is 5.92 Å². The Hall–Kier alpha value is -1.00. The fourth-order valence-corrected chi connectivity index (χ4v) is 3.07. The summed E-state index contributed by atoms with van der Waals surface area (Å²) in [7, 11) is 0. The molecule has 1 fully saturated rings. The molecule has 0 aromatic heterocycles. The zero-order valence-corrected chi connectivity index (χ0v) is 12.0. The van der Waals surface area contributed by atoms with Gasteiger partial charge in [-0.15, -0.1) is 0 Å². The Labute approximate surface area is 118 Å². The summed E-state index contributed by atoms with van der Waals surface area (Å²) in [6.07, 6.45) is 3.59. The second-order valence-corrected chi connectivity index (χ2v) is 5.94. The van der Waals surface area contributed by atoms with Gasteiger partial charge in [-0.1, -0.05) is 30.3 Å². The smallest absolute Gasteiger partial charge is 0.223 e. The van der Waals surface area contributed by atoms with E-state index in [2.05, 4.69) is 17.4 Å². The average Bonchev–Trinajstić information content (AvgIpc) is 3.20. The largest absolute Gasteiger partial charge is 0.396 e. The van der Waals surface area contributed by atoms with Crippen molar-refractivity contribution in [2.24, 2.45) is 5.92 Å². The second kappa shape index (κ2) is 6.96. The van der Waals surface area contributed by atoms with Gasteiger partial charge in [0.25, 0.3) is 0 Å². The number of rotatable bonds is 7. The van der Waals surface area contributed by atoms with Crippen LogP contribution >= 0.6 is 11.8 Å². The number of carbonyl (C=O) groups is 1. The van der Waals surface area contributed by atoms with E-state index in [1.807, 2.05) is 24.5 Å². The molecular formula is C15H21NO2S. The molecule has 0 radical (unpaired) electrons. The third-order valence-corrected chi connectivity index (χ3v) is 4.28. The van der Waals surface area contributed by atoms with E-state index >= 15 is 0 Å². The van der Waals surface area contributed by atoms with E-state index in [0.29, 0.717) is 12.3 Å². The van der Waals surface area contributed by atoms with Gasteiger partial charge in [0.1, 0.15) is 0 Å². The molecule has 1 amide bonds. The van der Waals surface area contributed by atoms with Crippen molar-refractivity contribution in [2.45, 2.75) is 24.8 Å². The maximum Gasteiger partial charge on any atom is 0.223 e. The van der Waals surface area contributed by atoms with Gasteiger partial charge in [0, 0.05) is 24.3 Å². The lowest BCUT2D eigenvalue weighted by Gasteiger charge is -2.16. The molecule has 0 heterocycles. The molecule has 0 bridgehead atoms. The maximum absolute atomic E-state index is 12.1. The fourth-order valence-electron chi connectivity index (χ4n) is 2.42. The standard InChI is InChI=1S/C15H21NO2S/c1-19-10-12(7-8-17)16-15(18)14-9-13(14)11-5-3-2-4-6-11/h2-6,12-14,17H,7-10H2,1H3,(H,16,18). The van der Waals surface area contributed by atoms with Crippen LogP contribution in [0.25, 0.3) is 0 Å². The first kappa shape index (κ1) is 14.4. The number of hydrogen-bond acceptors (Lipinski definition) is 3. The van der Waals surface area contributed by atoms with Crippen molar-refractivity contribution in [3.8, 4) is 0 Å². The summed E-state index contributed by atoms with van der Waals surface area (Å²) in [6, 6.07) is 10.3. The predicted molar refractivity (Wildman–Crippen MR) is 79.3 cm³/mol. The van der Waals surface area contributed by atoms with Gasteiger partial charge in [0.15, 0.2) is 0 Å². The fraction of sp³-hybridized carbons (Fsp3) is 0.533. The quantitative estimate of drug-likeness (QED) is 0.803. The molecule has 3 atom stereocenters. The average molecular weight is 279 g/mol. The molecule has 1 saturated carbocycles. The molecule has 0 saturated heterocycles. The summed E-state index contributed by atoms with van der Waals surface area (Å²) < 4.78 is 0. The third-order valence-electron chi connectivity index (χ3n) is 3.55. The number of carbonyl (C=O) groups excluding carboxylic acids is 1. The minimum absolute atomic E-state index is 0.0875. The molecule has 0 aliphatic heterocycles. The van der Waals surface area contributed by atoms with E-state index in [1.165, 1.54) is 5.56 Å². The lowest BCUT2D eigenvalue weighted by atomic mass is 10.1. The highest BCUT2D eigenvalue weighted by Gasteiger charge is 2.44. The van der Waals surface area contributed by atoms with Crippen LogP contribution in [0.2, 0.25) is 0 Å². The van der Waals surface area contributed by atoms with Crippen molar-refractivity contribution in [3.05, 3.63) is 35.9 Å². The van der Waals surface area contributed by atoms with E-state index in [-0.39, 0.29) is 24.5 Å². The van der Waals surface area contributed by atoms with E-state index in [4.69, 9.17) is 5.11 Å². The number of aliphatic hydroxyl groups excluding tert-OH is 1. The van der Waals surface area contributed by atoms with Gasteiger partial charge in [-0.25, -0.2) is 0 Å². The van der Waals surface area contributed by atoms with Crippen LogP contribution in [-0.4, -0.2) is 35.7 Å². The molecule has 2 N–H and O–H groups in total. The number of benzene rings is 1. The number of hydrogen-bond donors (Lipinski definition) is 2. The highest BCUT2D eigenvalue weighted by Crippen LogP contribution is 2.47. The zero-order valence-electron chi connectivity index (χ0n) is 11.2. The monoisotopic (exact) mass is 279 g/mol. The first-order valence-electron chi connectivity index (χ1n) is 6.71. The van der Waals surface area contributed by atoms with Crippen LogP contribution < -0.4 is 5.32 Å². The van der Waals surface area contributed by atoms with Crippen LogP contribution in [0.1, 0.15) is 24.3 Å². The molecule has 19 heavy (non-hydrogen) atoms. The molecule has 3 nitrogen and oxygen atoms in total. The summed E-state index contributed by atoms with van der Waals surface area (Å²) in [4.78, 5) is 12.1. The minimum atomic E-state index is 0.0875. The Bertz CT molecular complexity index is 404. The predicted octanol–water partition coefficient (Wildman–Crippen LogP) is 2.02. The Balaban J connectivity index is 1.85. The van der Waals surface area contributed by atoms with Crippen molar-refractivity contribution < 1.29 is 9.90 Å². The van der Waals surface area contributed by atoms with Gasteiger partial charge in [-0.2, -0.15) is 11.8 Å². The molecule has 1 aliphatic rings. The van der Waals surface area contributed by atoms with Crippen LogP contribution in [-0.2, 0) is 4.79 Å². The lowest BCUT2D eigenvalue weighted by Crippen LogP contribution is -2.38. The van der Waals surface area contributed by atoms with Crippen LogP contribution in [0.4, 0.5) is 0 Å². The third kappa shape index (κ3) is 3.98. The van der Waals surface area contributed by atoms with Crippen molar-refractivity contribution in [3.63, 3.8) is 0 Å². The Kier molecular flexibility index (Phi) is 5.28. The molecule has 0 spiro atoms. The normalized spacial score (nSPS) is 22.8. The van der Waals surface area contributed by atoms with E-state index in [0.717, 1.165) is 12.2 Å². The lowest BCUT2D eigenvalue weighted by molar-refractivity contribution is -0.123. The molecular weight excluding hydrogens is 258 g/mol. The van der Waals surface area contributed by atoms with E-state index in [9.17, 15) is 4.79 Å². The van der Waals surface area contributed by atoms with Crippen molar-refractivity contribution >= 4 is 17.7 Å². The summed E-state index contributed by atoms with van der Waals surface area (Å²) >= 11 is 1.70. The van der Waals surface area contributed by atoms with Gasteiger partial charge in [0.05, 0.1) is 0 Å². The molecule has 1 aromatic carbocycles. The second-order valence-electron chi connectivity index (χ2n) is 5.03. The van der Waals surface area contributed by atoms with E-state index < -0.39 is 0 Å². The highest BCUT2D eigenvalue weighted by molar-refractivity contribution is 7.98. The van der Waals surface area contributed by atoms with Gasteiger partial charge >= 0.3 is 0 Å². The molecule has 3 unspecified atom stereocenters. The summed E-state index contributed by atoms with van der Waals surface area (Å²) in [5.74, 6) is 1.49. The minimum Gasteiger partial charge on any atom is -0.396 e. The Morgan fingerprint density at radius 2 is 2.21 bits per heavy atom. The Morgan fingerprint density at radius 1 is 1.47 bits per heavy atom. The SMILES string of the molecule is CSCC(CCO)NC(=O)C1CC1c1ccccc1. The zero-order chi connectivity index (χ0) is 13.7. The molecule has 104 valence electrons. The molecule has 1 aromatic rings. The number of thioether (sulfide) groups is 1. The molecule has 1 aliphatic carbocycles. The van der Waals surface area contributed by atoms with Gasteiger partial charge in [-0.05, 0) is 30.6 Å². The van der Waals surface area contributed by atoms with Gasteiger partial charge in [-0.3, -0.25) is 4.79 Å². The van der Waals surface area contributed by atoms with Crippen LogP contribution in [0.15, 0.2) is 30.3 Å².